The lowest BCUT2D eigenvalue weighted by atomic mass is 9.76. The molecule has 1 aliphatic carbocycles. The molecule has 2 rings (SSSR count). The van der Waals surface area contributed by atoms with E-state index >= 15 is 0 Å². The summed E-state index contributed by atoms with van der Waals surface area (Å²) in [5.41, 5.74) is 0.970. The summed E-state index contributed by atoms with van der Waals surface area (Å²) in [4.78, 5) is 11.5. The van der Waals surface area contributed by atoms with Crippen LogP contribution in [0.4, 0.5) is 0 Å². The summed E-state index contributed by atoms with van der Waals surface area (Å²) in [5, 5.41) is 13.3. The smallest absolute Gasteiger partial charge is 0.133 e. The van der Waals surface area contributed by atoms with Gasteiger partial charge in [0.05, 0.1) is 0 Å². The van der Waals surface area contributed by atoms with E-state index in [0.29, 0.717) is 24.4 Å². The van der Waals surface area contributed by atoms with Crippen molar-refractivity contribution in [2.75, 3.05) is 6.54 Å². The van der Waals surface area contributed by atoms with Crippen molar-refractivity contribution in [2.24, 2.45) is 0 Å². The van der Waals surface area contributed by atoms with Crippen LogP contribution in [0.3, 0.4) is 0 Å². The number of benzene rings is 1. The molecule has 0 atom stereocenters. The molecule has 1 fully saturated rings. The number of rotatable bonds is 5. The van der Waals surface area contributed by atoms with Crippen molar-refractivity contribution in [2.45, 2.75) is 51.0 Å². The SMILES string of the molecule is C=C.CCCCNC1(c2cccc(O)c2)CCC(=O)CC1. The predicted molar refractivity (Wildman–Crippen MR) is 87.4 cm³/mol. The number of hydrogen-bond donors (Lipinski definition) is 2. The van der Waals surface area contributed by atoms with Crippen molar-refractivity contribution < 1.29 is 9.90 Å². The molecule has 1 aromatic rings. The molecule has 0 radical (unpaired) electrons. The van der Waals surface area contributed by atoms with E-state index in [9.17, 15) is 9.90 Å². The van der Waals surface area contributed by atoms with Crippen LogP contribution >= 0.6 is 0 Å². The monoisotopic (exact) mass is 289 g/mol. The molecule has 116 valence electrons. The Morgan fingerprint density at radius 2 is 1.95 bits per heavy atom. The molecule has 1 aromatic carbocycles. The van der Waals surface area contributed by atoms with Gasteiger partial charge in [-0.3, -0.25) is 4.79 Å². The average molecular weight is 289 g/mol. The Bertz CT molecular complexity index is 446. The Morgan fingerprint density at radius 1 is 1.29 bits per heavy atom. The van der Waals surface area contributed by atoms with Gasteiger partial charge in [-0.1, -0.05) is 25.5 Å². The highest BCUT2D eigenvalue weighted by Crippen LogP contribution is 2.37. The highest BCUT2D eigenvalue weighted by atomic mass is 16.3. The zero-order chi connectivity index (χ0) is 15.7. The zero-order valence-electron chi connectivity index (χ0n) is 13.0. The Hall–Kier alpha value is -1.61. The minimum atomic E-state index is -0.137. The first-order valence-corrected chi connectivity index (χ1v) is 7.72. The highest BCUT2D eigenvalue weighted by molar-refractivity contribution is 5.79. The van der Waals surface area contributed by atoms with E-state index < -0.39 is 0 Å². The number of carbonyl (C=O) groups is 1. The summed E-state index contributed by atoms with van der Waals surface area (Å²) in [6.07, 6.45) is 5.22. The molecule has 3 heteroatoms. The maximum Gasteiger partial charge on any atom is 0.133 e. The van der Waals surface area contributed by atoms with Crippen LogP contribution in [-0.2, 0) is 10.3 Å². The number of ketones is 1. The normalized spacial score (nSPS) is 16.9. The molecule has 3 nitrogen and oxygen atoms in total. The predicted octanol–water partition coefficient (Wildman–Crippen LogP) is 3.92. The molecular formula is C18H27NO2. The minimum absolute atomic E-state index is 0.137. The van der Waals surface area contributed by atoms with Crippen LogP contribution in [0.2, 0.25) is 0 Å². The molecule has 1 saturated carbocycles. The van der Waals surface area contributed by atoms with E-state index in [4.69, 9.17) is 0 Å². The fraction of sp³-hybridized carbons (Fsp3) is 0.500. The molecule has 0 unspecified atom stereocenters. The molecule has 0 spiro atoms. The summed E-state index contributed by atoms with van der Waals surface area (Å²) in [7, 11) is 0. The maximum atomic E-state index is 11.5. The summed E-state index contributed by atoms with van der Waals surface area (Å²) >= 11 is 0. The van der Waals surface area contributed by atoms with Crippen LogP contribution < -0.4 is 5.32 Å². The van der Waals surface area contributed by atoms with Gasteiger partial charge >= 0.3 is 0 Å². The van der Waals surface area contributed by atoms with Gasteiger partial charge < -0.3 is 10.4 Å². The molecule has 21 heavy (non-hydrogen) atoms. The van der Waals surface area contributed by atoms with Crippen molar-refractivity contribution >= 4 is 5.78 Å². The second kappa shape index (κ2) is 8.63. The third-order valence-corrected chi connectivity index (χ3v) is 4.05. The molecule has 0 heterocycles. The second-order valence-electron chi connectivity index (χ2n) is 5.45. The van der Waals surface area contributed by atoms with Crippen molar-refractivity contribution in [3.8, 4) is 5.75 Å². The number of Topliss-reactive ketones (excluding diaryl/α,β-unsaturated/α-hetero) is 1. The van der Waals surface area contributed by atoms with Crippen molar-refractivity contribution in [1.82, 2.24) is 5.32 Å². The summed E-state index contributed by atoms with van der Waals surface area (Å²) < 4.78 is 0. The standard InChI is InChI=1S/C16H23NO2.C2H4/c1-2-3-11-17-16(9-7-14(18)8-10-16)13-5-4-6-15(19)12-13;1-2/h4-6,12,17,19H,2-3,7-11H2,1H3;1-2H2. The number of carbonyl (C=O) groups excluding carboxylic acids is 1. The van der Waals surface area contributed by atoms with Gasteiger partial charge in [-0.05, 0) is 43.5 Å². The minimum Gasteiger partial charge on any atom is -0.508 e. The number of nitrogens with one attached hydrogen (secondary N) is 1. The highest BCUT2D eigenvalue weighted by Gasteiger charge is 2.35. The topological polar surface area (TPSA) is 49.3 Å². The lowest BCUT2D eigenvalue weighted by Crippen LogP contribution is -2.45. The van der Waals surface area contributed by atoms with Crippen LogP contribution in [0.15, 0.2) is 37.4 Å². The summed E-state index contributed by atoms with van der Waals surface area (Å²) in [5.74, 6) is 0.652. The molecule has 0 amide bonds. The Kier molecular flexibility index (Phi) is 7.17. The van der Waals surface area contributed by atoms with Crippen molar-refractivity contribution in [1.29, 1.82) is 0 Å². The molecular weight excluding hydrogens is 262 g/mol. The molecule has 0 aromatic heterocycles. The molecule has 0 aliphatic heterocycles. The van der Waals surface area contributed by atoms with Gasteiger partial charge in [0.25, 0.3) is 0 Å². The third kappa shape index (κ3) is 4.71. The van der Waals surface area contributed by atoms with Crippen LogP contribution in [0.5, 0.6) is 5.75 Å². The second-order valence-corrected chi connectivity index (χ2v) is 5.45. The van der Waals surface area contributed by atoms with E-state index in [2.05, 4.69) is 31.5 Å². The first kappa shape index (κ1) is 17.4. The zero-order valence-corrected chi connectivity index (χ0v) is 13.0. The van der Waals surface area contributed by atoms with Gasteiger partial charge in [-0.25, -0.2) is 0 Å². The summed E-state index contributed by atoms with van der Waals surface area (Å²) in [6, 6.07) is 7.45. The van der Waals surface area contributed by atoms with E-state index in [-0.39, 0.29) is 5.54 Å². The van der Waals surface area contributed by atoms with Crippen LogP contribution in [-0.4, -0.2) is 17.4 Å². The first-order chi connectivity index (χ1) is 10.2. The molecule has 0 bridgehead atoms. The summed E-state index contributed by atoms with van der Waals surface area (Å²) in [6.45, 7) is 9.13. The van der Waals surface area contributed by atoms with Crippen LogP contribution in [0, 0.1) is 0 Å². The van der Waals surface area contributed by atoms with Crippen LogP contribution in [0.1, 0.15) is 51.0 Å². The van der Waals surface area contributed by atoms with Gasteiger partial charge in [-0.2, -0.15) is 0 Å². The van der Waals surface area contributed by atoms with E-state index in [1.54, 1.807) is 6.07 Å². The Labute approximate surface area is 128 Å². The lowest BCUT2D eigenvalue weighted by Gasteiger charge is -2.38. The van der Waals surface area contributed by atoms with Gasteiger partial charge in [0.15, 0.2) is 0 Å². The number of phenolic OH excluding ortho intramolecular Hbond substituents is 1. The molecule has 1 aliphatic rings. The van der Waals surface area contributed by atoms with Gasteiger partial charge in [0.2, 0.25) is 0 Å². The van der Waals surface area contributed by atoms with E-state index in [1.807, 2.05) is 12.1 Å². The first-order valence-electron chi connectivity index (χ1n) is 7.72. The van der Waals surface area contributed by atoms with Crippen molar-refractivity contribution in [3.63, 3.8) is 0 Å². The van der Waals surface area contributed by atoms with Gasteiger partial charge in [0.1, 0.15) is 11.5 Å². The molecule has 0 saturated heterocycles. The number of phenols is 1. The number of unbranched alkanes of at least 4 members (excludes halogenated alkanes) is 1. The fourth-order valence-corrected chi connectivity index (χ4v) is 2.83. The number of hydrogen-bond acceptors (Lipinski definition) is 3. The third-order valence-electron chi connectivity index (χ3n) is 4.05. The fourth-order valence-electron chi connectivity index (χ4n) is 2.83. The van der Waals surface area contributed by atoms with Gasteiger partial charge in [0, 0.05) is 18.4 Å². The quantitative estimate of drug-likeness (QED) is 0.638. The Balaban J connectivity index is 0.00000106. The average Bonchev–Trinajstić information content (AvgIpc) is 2.52. The van der Waals surface area contributed by atoms with E-state index in [0.717, 1.165) is 37.8 Å². The maximum absolute atomic E-state index is 11.5. The molecule has 2 N–H and O–H groups in total. The van der Waals surface area contributed by atoms with Gasteiger partial charge in [-0.15, -0.1) is 13.2 Å². The van der Waals surface area contributed by atoms with E-state index in [1.165, 1.54) is 0 Å². The number of aromatic hydroxyl groups is 1. The van der Waals surface area contributed by atoms with Crippen LogP contribution in [0.25, 0.3) is 0 Å². The lowest BCUT2D eigenvalue weighted by molar-refractivity contribution is -0.121. The largest absolute Gasteiger partial charge is 0.508 e. The Morgan fingerprint density at radius 3 is 2.52 bits per heavy atom. The van der Waals surface area contributed by atoms with Crippen molar-refractivity contribution in [3.05, 3.63) is 43.0 Å².